The molecular weight excluding hydrogens is 352 g/mol. The average Bonchev–Trinajstić information content (AvgIpc) is 2.67. The number of urea groups is 1. The summed E-state index contributed by atoms with van der Waals surface area (Å²) in [6, 6.07) is 6.18. The van der Waals surface area contributed by atoms with Gasteiger partial charge >= 0.3 is 12.0 Å². The van der Waals surface area contributed by atoms with Crippen molar-refractivity contribution in [3.8, 4) is 11.5 Å². The van der Waals surface area contributed by atoms with Crippen molar-refractivity contribution in [3.05, 3.63) is 24.3 Å². The number of hydrogen-bond acceptors (Lipinski definition) is 6. The molecule has 0 saturated heterocycles. The van der Waals surface area contributed by atoms with Crippen LogP contribution in [0.2, 0.25) is 0 Å². The second-order valence-corrected chi connectivity index (χ2v) is 6.51. The van der Waals surface area contributed by atoms with Crippen LogP contribution in [0.3, 0.4) is 0 Å². The summed E-state index contributed by atoms with van der Waals surface area (Å²) < 4.78 is 15.1. The zero-order valence-corrected chi connectivity index (χ0v) is 15.7. The Bertz CT molecular complexity index is 646. The fourth-order valence-electron chi connectivity index (χ4n) is 2.90. The molecule has 0 heterocycles. The molecule has 1 aromatic carbocycles. The van der Waals surface area contributed by atoms with Gasteiger partial charge in [-0.2, -0.15) is 0 Å². The van der Waals surface area contributed by atoms with E-state index in [9.17, 15) is 14.4 Å². The van der Waals surface area contributed by atoms with Crippen molar-refractivity contribution in [1.82, 2.24) is 10.6 Å². The van der Waals surface area contributed by atoms with Crippen molar-refractivity contribution >= 4 is 17.9 Å². The fourth-order valence-corrected chi connectivity index (χ4v) is 2.90. The van der Waals surface area contributed by atoms with Gasteiger partial charge in [0, 0.05) is 6.04 Å². The second kappa shape index (κ2) is 10.4. The number of benzene rings is 1. The van der Waals surface area contributed by atoms with Crippen molar-refractivity contribution in [2.45, 2.75) is 38.6 Å². The van der Waals surface area contributed by atoms with E-state index in [-0.39, 0.29) is 12.6 Å². The normalized spacial score (nSPS) is 18.9. The van der Waals surface area contributed by atoms with Crippen molar-refractivity contribution < 1.29 is 28.6 Å². The van der Waals surface area contributed by atoms with Crippen molar-refractivity contribution in [1.29, 1.82) is 0 Å². The topological polar surface area (TPSA) is 103 Å². The number of nitrogens with one attached hydrogen (secondary N) is 2. The molecule has 0 aromatic heterocycles. The number of carbonyl (C=O) groups is 3. The van der Waals surface area contributed by atoms with Gasteiger partial charge in [0.2, 0.25) is 0 Å². The first kappa shape index (κ1) is 20.5. The van der Waals surface area contributed by atoms with E-state index in [0.717, 1.165) is 25.7 Å². The molecule has 2 rings (SSSR count). The Hall–Kier alpha value is -2.77. The van der Waals surface area contributed by atoms with Crippen molar-refractivity contribution in [2.75, 3.05) is 20.3 Å². The highest BCUT2D eigenvalue weighted by Gasteiger charge is 2.23. The van der Waals surface area contributed by atoms with Gasteiger partial charge in [0.15, 0.2) is 13.2 Å². The summed E-state index contributed by atoms with van der Waals surface area (Å²) in [6.45, 7) is 1.19. The largest absolute Gasteiger partial charge is 0.497 e. The van der Waals surface area contributed by atoms with Crippen LogP contribution in [-0.2, 0) is 14.3 Å². The predicted molar refractivity (Wildman–Crippen MR) is 97.5 cm³/mol. The molecular formula is C19H26N2O6. The molecule has 0 spiro atoms. The van der Waals surface area contributed by atoms with E-state index in [4.69, 9.17) is 14.2 Å². The molecule has 0 radical (unpaired) electrons. The Morgan fingerprint density at radius 3 is 2.37 bits per heavy atom. The molecule has 1 aromatic rings. The average molecular weight is 378 g/mol. The number of rotatable bonds is 7. The monoisotopic (exact) mass is 378 g/mol. The Morgan fingerprint density at radius 1 is 1.04 bits per heavy atom. The van der Waals surface area contributed by atoms with Crippen LogP contribution in [0.1, 0.15) is 32.6 Å². The molecule has 1 saturated carbocycles. The first-order valence-corrected chi connectivity index (χ1v) is 9.00. The number of hydrogen-bond donors (Lipinski definition) is 2. The Kier molecular flexibility index (Phi) is 7.91. The van der Waals surface area contributed by atoms with Crippen LogP contribution < -0.4 is 20.1 Å². The van der Waals surface area contributed by atoms with E-state index < -0.39 is 24.5 Å². The molecule has 2 atom stereocenters. The van der Waals surface area contributed by atoms with Gasteiger partial charge in [0.25, 0.3) is 5.91 Å². The van der Waals surface area contributed by atoms with Gasteiger partial charge in [-0.3, -0.25) is 10.1 Å². The Labute approximate surface area is 158 Å². The lowest BCUT2D eigenvalue weighted by molar-refractivity contribution is -0.150. The smallest absolute Gasteiger partial charge is 0.344 e. The zero-order chi connectivity index (χ0) is 19.6. The molecule has 1 aliphatic rings. The van der Waals surface area contributed by atoms with E-state index in [1.807, 2.05) is 0 Å². The Balaban J connectivity index is 1.63. The number of ether oxygens (including phenoxy) is 3. The third-order valence-corrected chi connectivity index (χ3v) is 4.46. The van der Waals surface area contributed by atoms with Gasteiger partial charge < -0.3 is 19.5 Å². The molecule has 0 aliphatic heterocycles. The van der Waals surface area contributed by atoms with Gasteiger partial charge in [-0.1, -0.05) is 19.8 Å². The summed E-state index contributed by atoms with van der Waals surface area (Å²) in [4.78, 5) is 35.2. The maximum atomic E-state index is 11.9. The molecule has 27 heavy (non-hydrogen) atoms. The highest BCUT2D eigenvalue weighted by atomic mass is 16.6. The molecule has 0 unspecified atom stereocenters. The van der Waals surface area contributed by atoms with Crippen molar-refractivity contribution in [2.24, 2.45) is 5.92 Å². The summed E-state index contributed by atoms with van der Waals surface area (Å²) in [5, 5.41) is 4.97. The van der Waals surface area contributed by atoms with E-state index >= 15 is 0 Å². The Morgan fingerprint density at radius 2 is 1.70 bits per heavy atom. The van der Waals surface area contributed by atoms with Crippen LogP contribution >= 0.6 is 0 Å². The summed E-state index contributed by atoms with van der Waals surface area (Å²) in [6.07, 6.45) is 4.19. The molecule has 148 valence electrons. The molecule has 8 heteroatoms. The third-order valence-electron chi connectivity index (χ3n) is 4.46. The number of esters is 1. The van der Waals surface area contributed by atoms with Crippen LogP contribution in [0.25, 0.3) is 0 Å². The van der Waals surface area contributed by atoms with E-state index in [0.29, 0.717) is 17.4 Å². The SMILES string of the molecule is COc1ccc(OCC(=O)OCC(=O)NC(=O)N[C@@H]2CCCC[C@H]2C)cc1. The maximum Gasteiger partial charge on any atom is 0.344 e. The second-order valence-electron chi connectivity index (χ2n) is 6.51. The minimum atomic E-state index is -0.706. The standard InChI is InChI=1S/C19H26N2O6/c1-13-5-3-4-6-16(13)20-19(24)21-17(22)11-27-18(23)12-26-15-9-7-14(25-2)8-10-15/h7-10,13,16H,3-6,11-12H2,1-2H3,(H2,20,21,22,24)/t13-,16-/m1/s1. The molecule has 2 N–H and O–H groups in total. The van der Waals surface area contributed by atoms with Gasteiger partial charge in [0.05, 0.1) is 7.11 Å². The first-order chi connectivity index (χ1) is 13.0. The minimum Gasteiger partial charge on any atom is -0.497 e. The molecule has 0 bridgehead atoms. The summed E-state index contributed by atoms with van der Waals surface area (Å²) in [7, 11) is 1.55. The van der Waals surface area contributed by atoms with Gasteiger partial charge in [-0.25, -0.2) is 9.59 Å². The van der Waals surface area contributed by atoms with Crippen LogP contribution in [0.4, 0.5) is 4.79 Å². The number of methoxy groups -OCH3 is 1. The molecule has 1 fully saturated rings. The minimum absolute atomic E-state index is 0.0620. The number of imide groups is 1. The first-order valence-electron chi connectivity index (χ1n) is 9.00. The lowest BCUT2D eigenvalue weighted by Crippen LogP contribution is -2.48. The van der Waals surface area contributed by atoms with E-state index in [1.54, 1.807) is 31.4 Å². The summed E-state index contributed by atoms with van der Waals surface area (Å²) >= 11 is 0. The van der Waals surface area contributed by atoms with E-state index in [1.165, 1.54) is 0 Å². The zero-order valence-electron chi connectivity index (χ0n) is 15.7. The predicted octanol–water partition coefficient (Wildman–Crippen LogP) is 2.02. The lowest BCUT2D eigenvalue weighted by atomic mass is 9.86. The van der Waals surface area contributed by atoms with Crippen LogP contribution in [0.5, 0.6) is 11.5 Å². The van der Waals surface area contributed by atoms with E-state index in [2.05, 4.69) is 17.6 Å². The molecule has 1 aliphatic carbocycles. The lowest BCUT2D eigenvalue weighted by Gasteiger charge is -2.29. The quantitative estimate of drug-likeness (QED) is 0.704. The van der Waals surface area contributed by atoms with Gasteiger partial charge in [-0.15, -0.1) is 0 Å². The van der Waals surface area contributed by atoms with Gasteiger partial charge in [-0.05, 0) is 43.0 Å². The van der Waals surface area contributed by atoms with Crippen molar-refractivity contribution in [3.63, 3.8) is 0 Å². The fraction of sp³-hybridized carbons (Fsp3) is 0.526. The maximum absolute atomic E-state index is 11.9. The van der Waals surface area contributed by atoms with Crippen LogP contribution in [0.15, 0.2) is 24.3 Å². The summed E-state index contributed by atoms with van der Waals surface area (Å²) in [5.74, 6) is 0.129. The number of carbonyl (C=O) groups excluding carboxylic acids is 3. The summed E-state index contributed by atoms with van der Waals surface area (Å²) in [5.41, 5.74) is 0. The molecule has 8 nitrogen and oxygen atoms in total. The third kappa shape index (κ3) is 7.16. The highest BCUT2D eigenvalue weighted by Crippen LogP contribution is 2.23. The highest BCUT2D eigenvalue weighted by molar-refractivity contribution is 5.95. The van der Waals surface area contributed by atoms with Gasteiger partial charge in [0.1, 0.15) is 11.5 Å². The van der Waals surface area contributed by atoms with Crippen LogP contribution in [0, 0.1) is 5.92 Å². The number of amides is 3. The van der Waals surface area contributed by atoms with Crippen LogP contribution in [-0.4, -0.2) is 44.3 Å². The molecule has 3 amide bonds.